The number of aliphatic hydroxyl groups is 1. The molecule has 0 bridgehead atoms. The summed E-state index contributed by atoms with van der Waals surface area (Å²) in [5, 5.41) is 15.9. The summed E-state index contributed by atoms with van der Waals surface area (Å²) in [5.74, 6) is -0.0465. The Hall–Kier alpha value is -2.90. The van der Waals surface area contributed by atoms with Gasteiger partial charge in [-0.1, -0.05) is 24.3 Å². The third-order valence-electron chi connectivity index (χ3n) is 4.12. The summed E-state index contributed by atoms with van der Waals surface area (Å²) in [6.07, 6.45) is -0.891. The predicted molar refractivity (Wildman–Crippen MR) is 95.1 cm³/mol. The Bertz CT molecular complexity index is 791. The lowest BCUT2D eigenvalue weighted by Gasteiger charge is -2.28. The SMILES string of the molecule is COc1ccccc1C(=O)Nc1ccc([C@@H](O)[C@H]2COCC(=O)N2)cc1. The third-order valence-corrected chi connectivity index (χ3v) is 4.12. The number of amides is 2. The summed E-state index contributed by atoms with van der Waals surface area (Å²) < 4.78 is 10.3. The molecule has 136 valence electrons. The molecule has 3 rings (SSSR count). The molecule has 1 heterocycles. The molecule has 7 heteroatoms. The molecule has 0 radical (unpaired) electrons. The van der Waals surface area contributed by atoms with Crippen molar-refractivity contribution in [3.8, 4) is 5.75 Å². The smallest absolute Gasteiger partial charge is 0.259 e. The van der Waals surface area contributed by atoms with Crippen LogP contribution >= 0.6 is 0 Å². The monoisotopic (exact) mass is 356 g/mol. The Kier molecular flexibility index (Phi) is 5.50. The minimum Gasteiger partial charge on any atom is -0.496 e. The number of hydrogen-bond donors (Lipinski definition) is 3. The number of nitrogens with one attached hydrogen (secondary N) is 2. The number of carbonyl (C=O) groups is 2. The highest BCUT2D eigenvalue weighted by molar-refractivity contribution is 6.06. The molecule has 1 fully saturated rings. The molecule has 1 aliphatic heterocycles. The largest absolute Gasteiger partial charge is 0.496 e. The van der Waals surface area contributed by atoms with Crippen LogP contribution in [-0.2, 0) is 9.53 Å². The highest BCUT2D eigenvalue weighted by Gasteiger charge is 2.26. The standard InChI is InChI=1S/C19H20N2O5/c1-25-16-5-3-2-4-14(16)19(24)20-13-8-6-12(7-9-13)18(23)15-10-26-11-17(22)21-15/h2-9,15,18,23H,10-11H2,1H3,(H,20,24)(H,21,22)/t15-,18-/m1/s1. The van der Waals surface area contributed by atoms with E-state index in [0.717, 1.165) is 0 Å². The quantitative estimate of drug-likeness (QED) is 0.754. The minimum atomic E-state index is -0.891. The van der Waals surface area contributed by atoms with E-state index in [-0.39, 0.29) is 25.0 Å². The molecule has 2 atom stereocenters. The van der Waals surface area contributed by atoms with Crippen molar-refractivity contribution in [1.82, 2.24) is 5.32 Å². The fourth-order valence-corrected chi connectivity index (χ4v) is 2.77. The highest BCUT2D eigenvalue weighted by atomic mass is 16.5. The van der Waals surface area contributed by atoms with Crippen LogP contribution in [0.5, 0.6) is 5.75 Å². The molecule has 3 N–H and O–H groups in total. The van der Waals surface area contributed by atoms with Crippen LogP contribution in [0.25, 0.3) is 0 Å². The van der Waals surface area contributed by atoms with Crippen LogP contribution in [0.15, 0.2) is 48.5 Å². The first-order chi connectivity index (χ1) is 12.6. The van der Waals surface area contributed by atoms with Gasteiger partial charge in [-0.3, -0.25) is 9.59 Å². The number of morpholine rings is 1. The van der Waals surface area contributed by atoms with Crippen molar-refractivity contribution in [2.45, 2.75) is 12.1 Å². The fourth-order valence-electron chi connectivity index (χ4n) is 2.77. The zero-order valence-electron chi connectivity index (χ0n) is 14.3. The first-order valence-electron chi connectivity index (χ1n) is 8.18. The van der Waals surface area contributed by atoms with Crippen molar-refractivity contribution >= 4 is 17.5 Å². The maximum absolute atomic E-state index is 12.4. The van der Waals surface area contributed by atoms with Crippen LogP contribution in [0.4, 0.5) is 5.69 Å². The molecule has 26 heavy (non-hydrogen) atoms. The number of benzene rings is 2. The molecule has 1 aliphatic rings. The van der Waals surface area contributed by atoms with Crippen molar-refractivity contribution in [2.24, 2.45) is 0 Å². The molecule has 0 saturated carbocycles. The van der Waals surface area contributed by atoms with Gasteiger partial charge in [-0.2, -0.15) is 0 Å². The molecular formula is C19H20N2O5. The first-order valence-corrected chi connectivity index (χ1v) is 8.18. The maximum Gasteiger partial charge on any atom is 0.259 e. The number of carbonyl (C=O) groups excluding carboxylic acids is 2. The van der Waals surface area contributed by atoms with E-state index in [9.17, 15) is 14.7 Å². The normalized spacial score (nSPS) is 17.9. The summed E-state index contributed by atoms with van der Waals surface area (Å²) in [7, 11) is 1.51. The fraction of sp³-hybridized carbons (Fsp3) is 0.263. The summed E-state index contributed by atoms with van der Waals surface area (Å²) >= 11 is 0. The first kappa shape index (κ1) is 17.9. The Balaban J connectivity index is 1.67. The predicted octanol–water partition coefficient (Wildman–Crippen LogP) is 1.50. The van der Waals surface area contributed by atoms with Gasteiger partial charge in [-0.15, -0.1) is 0 Å². The zero-order chi connectivity index (χ0) is 18.5. The topological polar surface area (TPSA) is 96.9 Å². The van der Waals surface area contributed by atoms with E-state index < -0.39 is 12.1 Å². The van der Waals surface area contributed by atoms with Crippen molar-refractivity contribution in [3.05, 3.63) is 59.7 Å². The van der Waals surface area contributed by atoms with Gasteiger partial charge >= 0.3 is 0 Å². The molecule has 2 amide bonds. The summed E-state index contributed by atoms with van der Waals surface area (Å²) in [5.41, 5.74) is 1.64. The Labute approximate surface area is 150 Å². The molecule has 0 aromatic heterocycles. The van der Waals surface area contributed by atoms with Gasteiger partial charge in [0.15, 0.2) is 0 Å². The summed E-state index contributed by atoms with van der Waals surface area (Å²) in [6, 6.07) is 13.2. The summed E-state index contributed by atoms with van der Waals surface area (Å²) in [6.45, 7) is 0.260. The Morgan fingerprint density at radius 3 is 2.69 bits per heavy atom. The molecule has 2 aromatic carbocycles. The van der Waals surface area contributed by atoms with Gasteiger partial charge in [-0.25, -0.2) is 0 Å². The number of anilines is 1. The second-order valence-corrected chi connectivity index (χ2v) is 5.91. The van der Waals surface area contributed by atoms with E-state index in [1.54, 1.807) is 48.5 Å². The molecule has 1 saturated heterocycles. The second-order valence-electron chi connectivity index (χ2n) is 5.91. The van der Waals surface area contributed by atoms with E-state index in [4.69, 9.17) is 9.47 Å². The lowest BCUT2D eigenvalue weighted by Crippen LogP contribution is -2.48. The van der Waals surface area contributed by atoms with E-state index in [2.05, 4.69) is 10.6 Å². The molecule has 0 aliphatic carbocycles. The van der Waals surface area contributed by atoms with Crippen molar-refractivity contribution in [3.63, 3.8) is 0 Å². The molecule has 7 nitrogen and oxygen atoms in total. The van der Waals surface area contributed by atoms with E-state index in [1.165, 1.54) is 7.11 Å². The lowest BCUT2D eigenvalue weighted by molar-refractivity contribution is -0.133. The van der Waals surface area contributed by atoms with Crippen LogP contribution in [0.1, 0.15) is 22.0 Å². The van der Waals surface area contributed by atoms with Gasteiger partial charge in [0.2, 0.25) is 5.91 Å². The van der Waals surface area contributed by atoms with Crippen molar-refractivity contribution < 1.29 is 24.2 Å². The summed E-state index contributed by atoms with van der Waals surface area (Å²) in [4.78, 5) is 23.8. The Morgan fingerprint density at radius 2 is 2.00 bits per heavy atom. The van der Waals surface area contributed by atoms with Gasteiger partial charge < -0.3 is 25.2 Å². The molecule has 0 spiro atoms. The van der Waals surface area contributed by atoms with E-state index in [0.29, 0.717) is 22.6 Å². The van der Waals surface area contributed by atoms with E-state index in [1.807, 2.05) is 0 Å². The zero-order valence-corrected chi connectivity index (χ0v) is 14.3. The van der Waals surface area contributed by atoms with Crippen LogP contribution in [0, 0.1) is 0 Å². The van der Waals surface area contributed by atoms with Gasteiger partial charge in [-0.05, 0) is 29.8 Å². The second kappa shape index (κ2) is 7.99. The average Bonchev–Trinajstić information content (AvgIpc) is 2.68. The van der Waals surface area contributed by atoms with Crippen molar-refractivity contribution in [1.29, 1.82) is 0 Å². The number of methoxy groups -OCH3 is 1. The van der Waals surface area contributed by atoms with Crippen LogP contribution in [-0.4, -0.2) is 43.3 Å². The van der Waals surface area contributed by atoms with Crippen LogP contribution < -0.4 is 15.4 Å². The van der Waals surface area contributed by atoms with Gasteiger partial charge in [0, 0.05) is 5.69 Å². The maximum atomic E-state index is 12.4. The van der Waals surface area contributed by atoms with E-state index >= 15 is 0 Å². The number of rotatable bonds is 5. The van der Waals surface area contributed by atoms with Gasteiger partial charge in [0.05, 0.1) is 25.3 Å². The molecule has 0 unspecified atom stereocenters. The molecular weight excluding hydrogens is 336 g/mol. The van der Waals surface area contributed by atoms with Crippen LogP contribution in [0.2, 0.25) is 0 Å². The minimum absolute atomic E-state index is 0.0110. The molecule has 2 aromatic rings. The number of para-hydroxylation sites is 1. The third kappa shape index (κ3) is 4.01. The lowest BCUT2D eigenvalue weighted by atomic mass is 10.0. The Morgan fingerprint density at radius 1 is 1.27 bits per heavy atom. The average molecular weight is 356 g/mol. The number of hydrogen-bond acceptors (Lipinski definition) is 5. The number of ether oxygens (including phenoxy) is 2. The van der Waals surface area contributed by atoms with Gasteiger partial charge in [0.25, 0.3) is 5.91 Å². The van der Waals surface area contributed by atoms with Crippen LogP contribution in [0.3, 0.4) is 0 Å². The highest BCUT2D eigenvalue weighted by Crippen LogP contribution is 2.22. The van der Waals surface area contributed by atoms with Crippen molar-refractivity contribution in [2.75, 3.05) is 25.6 Å². The van der Waals surface area contributed by atoms with Gasteiger partial charge in [0.1, 0.15) is 18.5 Å². The number of aliphatic hydroxyl groups excluding tert-OH is 1.